The Labute approximate surface area is 331 Å². The van der Waals surface area contributed by atoms with Crippen molar-refractivity contribution >= 4 is 57.2 Å². The number of hydrogen-bond acceptors (Lipinski definition) is 2. The molecule has 0 saturated heterocycles. The van der Waals surface area contributed by atoms with Crippen LogP contribution in [0.5, 0.6) is 0 Å². The highest BCUT2D eigenvalue weighted by molar-refractivity contribution is 7.00. The van der Waals surface area contributed by atoms with E-state index in [0.717, 1.165) is 17.8 Å². The number of benzene rings is 5. The van der Waals surface area contributed by atoms with E-state index in [1.165, 1.54) is 106 Å². The second-order valence-electron chi connectivity index (χ2n) is 21.4. The number of anilines is 6. The normalized spacial score (nSPS) is 23.8. The average Bonchev–Trinajstić information content (AvgIpc) is 3.13. The molecule has 5 aromatic carbocycles. The minimum absolute atomic E-state index is 0.0351. The molecule has 4 saturated carbocycles. The summed E-state index contributed by atoms with van der Waals surface area (Å²) in [6.45, 7) is 21.1. The van der Waals surface area contributed by atoms with Crippen molar-refractivity contribution in [3.8, 4) is 0 Å². The van der Waals surface area contributed by atoms with E-state index in [2.05, 4.69) is 175 Å². The first-order valence-electron chi connectivity index (χ1n) is 21.3. The summed E-state index contributed by atoms with van der Waals surface area (Å²) in [5.41, 5.74) is 18.3. The summed E-state index contributed by atoms with van der Waals surface area (Å²) in [7, 11) is 0. The van der Waals surface area contributed by atoms with Gasteiger partial charge < -0.3 is 9.80 Å². The van der Waals surface area contributed by atoms with Crippen LogP contribution in [0.25, 0.3) is 0 Å². The van der Waals surface area contributed by atoms with Crippen molar-refractivity contribution in [1.82, 2.24) is 0 Å². The molecule has 2 heterocycles. The van der Waals surface area contributed by atoms with E-state index in [1.807, 2.05) is 0 Å². The SMILES string of the molecule is CC(C)(C)c1ccc(N2c3ccc(C(C)(C)C)cc3B3c4cc(C56CC7CC(CC(C7)C5)C6)ccc4N(c4ccc(C(C)(C)C)cc4)c4cccc2c43)cc1. The Morgan fingerprint density at radius 1 is 0.473 bits per heavy atom. The van der Waals surface area contributed by atoms with Crippen LogP contribution < -0.4 is 26.2 Å². The van der Waals surface area contributed by atoms with Gasteiger partial charge in [0, 0.05) is 34.1 Å². The second kappa shape index (κ2) is 11.9. The molecule has 0 amide bonds. The van der Waals surface area contributed by atoms with E-state index in [-0.39, 0.29) is 23.0 Å². The number of fused-ring (bicyclic) bond motifs is 4. The lowest BCUT2D eigenvalue weighted by Gasteiger charge is -2.57. The van der Waals surface area contributed by atoms with Gasteiger partial charge in [-0.05, 0) is 165 Å². The lowest BCUT2D eigenvalue weighted by Crippen LogP contribution is -2.62. The van der Waals surface area contributed by atoms with Crippen LogP contribution in [0.4, 0.5) is 34.1 Å². The van der Waals surface area contributed by atoms with Crippen LogP contribution in [0.1, 0.15) is 123 Å². The fourth-order valence-electron chi connectivity index (χ4n) is 12.0. The Morgan fingerprint density at radius 2 is 0.891 bits per heavy atom. The molecule has 0 unspecified atom stereocenters. The third-order valence-corrected chi connectivity index (χ3v) is 14.5. The fraction of sp³-hybridized carbons (Fsp3) is 0.423. The minimum Gasteiger partial charge on any atom is -0.311 e. The fourth-order valence-corrected chi connectivity index (χ4v) is 12.0. The van der Waals surface area contributed by atoms with Crippen LogP contribution in [0.3, 0.4) is 0 Å². The van der Waals surface area contributed by atoms with Gasteiger partial charge in [-0.15, -0.1) is 0 Å². The third kappa shape index (κ3) is 5.57. The van der Waals surface area contributed by atoms with Crippen molar-refractivity contribution in [2.75, 3.05) is 9.80 Å². The van der Waals surface area contributed by atoms with Crippen molar-refractivity contribution in [3.05, 3.63) is 125 Å². The molecule has 280 valence electrons. The number of rotatable bonds is 3. The molecule has 4 bridgehead atoms. The molecule has 3 heteroatoms. The zero-order valence-corrected chi connectivity index (χ0v) is 34.8. The van der Waals surface area contributed by atoms with Crippen molar-refractivity contribution in [3.63, 3.8) is 0 Å². The molecule has 5 aromatic rings. The molecule has 6 aliphatic rings. The molecular formula is C52H59BN2. The van der Waals surface area contributed by atoms with Crippen molar-refractivity contribution in [2.24, 2.45) is 17.8 Å². The summed E-state index contributed by atoms with van der Waals surface area (Å²) in [5, 5.41) is 0. The van der Waals surface area contributed by atoms with Gasteiger partial charge in [-0.1, -0.05) is 117 Å². The van der Waals surface area contributed by atoms with Gasteiger partial charge in [-0.2, -0.15) is 0 Å². The standard InChI is InChI=1S/C52H59BN2/c1-49(2,3)36-13-19-40(20-14-36)54-44-23-17-38(51(7,8)9)28-42(44)53-43-29-39(52-30-33-25-34(31-52)27-35(26-33)32-52)18-24-45(43)55(47-12-10-11-46(54)48(47)53)41-21-15-37(16-22-41)50(4,5)6/h10-24,28-29,33-35H,25-27,30-32H2,1-9H3. The van der Waals surface area contributed by atoms with E-state index in [9.17, 15) is 0 Å². The zero-order valence-electron chi connectivity index (χ0n) is 34.8. The molecule has 11 rings (SSSR count). The van der Waals surface area contributed by atoms with Crippen LogP contribution in [0, 0.1) is 17.8 Å². The monoisotopic (exact) mass is 722 g/mol. The highest BCUT2D eigenvalue weighted by Crippen LogP contribution is 2.61. The molecular weight excluding hydrogens is 663 g/mol. The first-order chi connectivity index (χ1) is 26.1. The predicted octanol–water partition coefficient (Wildman–Crippen LogP) is 12.1. The van der Waals surface area contributed by atoms with Crippen LogP contribution >= 0.6 is 0 Å². The highest BCUT2D eigenvalue weighted by Gasteiger charge is 2.52. The van der Waals surface area contributed by atoms with E-state index >= 15 is 0 Å². The Balaban J connectivity index is 1.23. The summed E-state index contributed by atoms with van der Waals surface area (Å²) in [6, 6.07) is 41.1. The Kier molecular flexibility index (Phi) is 7.61. The van der Waals surface area contributed by atoms with Crippen LogP contribution in [-0.2, 0) is 21.7 Å². The molecule has 0 atom stereocenters. The topological polar surface area (TPSA) is 6.48 Å². The lowest BCUT2D eigenvalue weighted by atomic mass is 9.33. The summed E-state index contributed by atoms with van der Waals surface area (Å²) < 4.78 is 0. The first-order valence-corrected chi connectivity index (χ1v) is 21.3. The molecule has 0 N–H and O–H groups in total. The second-order valence-corrected chi connectivity index (χ2v) is 21.4. The average molecular weight is 723 g/mol. The Morgan fingerprint density at radius 3 is 1.35 bits per heavy atom. The van der Waals surface area contributed by atoms with Crippen LogP contribution in [-0.4, -0.2) is 6.71 Å². The van der Waals surface area contributed by atoms with Crippen molar-refractivity contribution in [2.45, 2.75) is 122 Å². The summed E-state index contributed by atoms with van der Waals surface area (Å²) >= 11 is 0. The van der Waals surface area contributed by atoms with Gasteiger partial charge >= 0.3 is 0 Å². The largest absolute Gasteiger partial charge is 0.311 e. The van der Waals surface area contributed by atoms with Gasteiger partial charge in [0.1, 0.15) is 0 Å². The third-order valence-electron chi connectivity index (χ3n) is 14.5. The van der Waals surface area contributed by atoms with Crippen LogP contribution in [0.2, 0.25) is 0 Å². The number of hydrogen-bond donors (Lipinski definition) is 0. The van der Waals surface area contributed by atoms with Gasteiger partial charge in [-0.25, -0.2) is 0 Å². The molecule has 0 aromatic heterocycles. The van der Waals surface area contributed by atoms with Gasteiger partial charge in [0.2, 0.25) is 0 Å². The lowest BCUT2D eigenvalue weighted by molar-refractivity contribution is -0.00515. The van der Waals surface area contributed by atoms with Gasteiger partial charge in [0.15, 0.2) is 0 Å². The Hall–Kier alpha value is -4.24. The first kappa shape index (κ1) is 35.2. The molecule has 2 nitrogen and oxygen atoms in total. The summed E-state index contributed by atoms with van der Waals surface area (Å²) in [6.07, 6.45) is 8.55. The smallest absolute Gasteiger partial charge is 0.252 e. The molecule has 0 radical (unpaired) electrons. The maximum atomic E-state index is 2.73. The van der Waals surface area contributed by atoms with Crippen molar-refractivity contribution in [1.29, 1.82) is 0 Å². The summed E-state index contributed by atoms with van der Waals surface area (Å²) in [4.78, 5) is 5.17. The maximum absolute atomic E-state index is 2.73. The van der Waals surface area contributed by atoms with Gasteiger partial charge in [0.05, 0.1) is 0 Å². The molecule has 55 heavy (non-hydrogen) atoms. The zero-order chi connectivity index (χ0) is 38.2. The van der Waals surface area contributed by atoms with Crippen molar-refractivity contribution < 1.29 is 0 Å². The minimum atomic E-state index is 0.0351. The van der Waals surface area contributed by atoms with Crippen LogP contribution in [0.15, 0.2) is 103 Å². The maximum Gasteiger partial charge on any atom is 0.252 e. The number of nitrogens with zero attached hydrogens (tertiary/aromatic N) is 2. The molecule has 4 aliphatic carbocycles. The van der Waals surface area contributed by atoms with E-state index in [4.69, 9.17) is 0 Å². The van der Waals surface area contributed by atoms with Gasteiger partial charge in [0.25, 0.3) is 6.71 Å². The quantitative estimate of drug-likeness (QED) is 0.168. The van der Waals surface area contributed by atoms with E-state index in [0.29, 0.717) is 5.41 Å². The molecule has 4 fully saturated rings. The molecule has 2 aliphatic heterocycles. The molecule has 0 spiro atoms. The van der Waals surface area contributed by atoms with E-state index in [1.54, 1.807) is 5.56 Å². The highest BCUT2D eigenvalue weighted by atomic mass is 15.2. The predicted molar refractivity (Wildman–Crippen MR) is 236 cm³/mol. The van der Waals surface area contributed by atoms with E-state index < -0.39 is 0 Å². The summed E-state index contributed by atoms with van der Waals surface area (Å²) in [5.74, 6) is 2.74. The van der Waals surface area contributed by atoms with Gasteiger partial charge in [-0.3, -0.25) is 0 Å². The Bertz CT molecular complexity index is 2260.